The summed E-state index contributed by atoms with van der Waals surface area (Å²) in [5.41, 5.74) is 1.27. The van der Waals surface area contributed by atoms with Gasteiger partial charge in [0, 0.05) is 18.0 Å². The molecule has 0 aliphatic rings. The lowest BCUT2D eigenvalue weighted by atomic mass is 9.90. The van der Waals surface area contributed by atoms with Crippen LogP contribution in [0.1, 0.15) is 40.8 Å². The summed E-state index contributed by atoms with van der Waals surface area (Å²) in [5.74, 6) is 4.70. The second-order valence-electron chi connectivity index (χ2n) is 6.92. The Hall–Kier alpha value is -2.18. The fourth-order valence-corrected chi connectivity index (χ4v) is 5.93. The maximum atomic E-state index is 12.9. The van der Waals surface area contributed by atoms with Crippen LogP contribution in [0.3, 0.4) is 0 Å². The summed E-state index contributed by atoms with van der Waals surface area (Å²) in [6.07, 6.45) is 0. The van der Waals surface area contributed by atoms with Crippen molar-refractivity contribution >= 4 is 43.7 Å². The van der Waals surface area contributed by atoms with Gasteiger partial charge in [0.15, 0.2) is 0 Å². The zero-order valence-electron chi connectivity index (χ0n) is 17.2. The van der Waals surface area contributed by atoms with Crippen molar-refractivity contribution in [2.24, 2.45) is 5.90 Å². The van der Waals surface area contributed by atoms with Crippen LogP contribution in [0.5, 0.6) is 0 Å². The zero-order chi connectivity index (χ0) is 22.3. The number of nitrogens with two attached hydrogens (primary N) is 1. The highest BCUT2D eigenvalue weighted by Crippen LogP contribution is 2.43. The molecule has 2 N–H and O–H groups in total. The van der Waals surface area contributed by atoms with Gasteiger partial charge < -0.3 is 0 Å². The van der Waals surface area contributed by atoms with Crippen molar-refractivity contribution in [1.29, 1.82) is 0 Å². The first-order chi connectivity index (χ1) is 14.0. The second kappa shape index (κ2) is 8.16. The number of amides is 1. The third-order valence-electron chi connectivity index (χ3n) is 4.71. The van der Waals surface area contributed by atoms with Crippen LogP contribution in [-0.4, -0.2) is 24.3 Å². The summed E-state index contributed by atoms with van der Waals surface area (Å²) in [5, 5.41) is 4.18. The number of anilines is 1. The van der Waals surface area contributed by atoms with Crippen molar-refractivity contribution in [1.82, 2.24) is 9.97 Å². The van der Waals surface area contributed by atoms with Crippen LogP contribution < -0.4 is 10.8 Å². The molecule has 0 radical (unpaired) electrons. The largest absolute Gasteiger partial charge is 0.312 e. The van der Waals surface area contributed by atoms with Gasteiger partial charge in [0.2, 0.25) is 5.91 Å². The Morgan fingerprint density at radius 3 is 2.23 bits per heavy atom. The third kappa shape index (κ3) is 3.91. The number of hydrogen-bond donors (Lipinski definition) is 1. The molecule has 160 valence electrons. The summed E-state index contributed by atoms with van der Waals surface area (Å²) in [7, 11) is -4.04. The average Bonchev–Trinajstić information content (AvgIpc) is 3.27. The van der Waals surface area contributed by atoms with Crippen molar-refractivity contribution in [2.45, 2.75) is 45.1 Å². The number of aryl methyl sites for hydroxylation is 3. The van der Waals surface area contributed by atoms with E-state index in [2.05, 4.69) is 14.3 Å². The monoisotopic (exact) mass is 466 g/mol. The molecular formula is C19H22N4O4S3. The summed E-state index contributed by atoms with van der Waals surface area (Å²) < 4.78 is 27.9. The Morgan fingerprint density at radius 1 is 1.17 bits per heavy atom. The molecule has 2 heterocycles. The topological polar surface area (TPSA) is 115 Å². The number of carbonyl (C=O) groups is 1. The lowest BCUT2D eigenvalue weighted by Gasteiger charge is -2.39. The molecule has 1 atom stereocenters. The van der Waals surface area contributed by atoms with Crippen LogP contribution in [0, 0.1) is 20.8 Å². The molecule has 0 aliphatic heterocycles. The predicted octanol–water partition coefficient (Wildman–Crippen LogP) is 3.42. The maximum absolute atomic E-state index is 12.9. The third-order valence-corrected chi connectivity index (χ3v) is 8.04. The molecular weight excluding hydrogens is 444 g/mol. The number of benzene rings is 1. The van der Waals surface area contributed by atoms with E-state index in [1.165, 1.54) is 41.7 Å². The van der Waals surface area contributed by atoms with Crippen LogP contribution >= 0.6 is 22.7 Å². The fourth-order valence-electron chi connectivity index (χ4n) is 3.32. The van der Waals surface area contributed by atoms with Crippen LogP contribution in [0.15, 0.2) is 34.5 Å². The highest BCUT2D eigenvalue weighted by molar-refractivity contribution is 7.86. The Labute approximate surface area is 183 Å². The smallest absolute Gasteiger partial charge is 0.286 e. The van der Waals surface area contributed by atoms with Crippen molar-refractivity contribution in [3.05, 3.63) is 56.6 Å². The molecule has 0 bridgehead atoms. The highest BCUT2D eigenvalue weighted by Gasteiger charge is 2.42. The number of nitrogens with zero attached hydrogens (tertiary/aromatic N) is 3. The SMILES string of the molecule is CC(=O)N(c1sc(C)nc1C)[C@@](C)(c1ccc(S(=O)(=O)ON)cc1)c1nc(C)cs1. The van der Waals surface area contributed by atoms with E-state index in [0.717, 1.165) is 21.4 Å². The van der Waals surface area contributed by atoms with Gasteiger partial charge in [0.1, 0.15) is 15.5 Å². The first kappa shape index (κ1) is 22.5. The van der Waals surface area contributed by atoms with Gasteiger partial charge >= 0.3 is 10.1 Å². The molecule has 0 aliphatic carbocycles. The summed E-state index contributed by atoms with van der Waals surface area (Å²) in [4.78, 5) is 23.7. The summed E-state index contributed by atoms with van der Waals surface area (Å²) >= 11 is 2.86. The fraction of sp³-hybridized carbons (Fsp3) is 0.316. The van der Waals surface area contributed by atoms with E-state index in [1.807, 2.05) is 33.1 Å². The molecule has 2 aromatic heterocycles. The normalized spacial score (nSPS) is 13.8. The predicted molar refractivity (Wildman–Crippen MR) is 117 cm³/mol. The van der Waals surface area contributed by atoms with Gasteiger partial charge in [-0.2, -0.15) is 18.6 Å². The van der Waals surface area contributed by atoms with Crippen LogP contribution in [0.25, 0.3) is 0 Å². The van der Waals surface area contributed by atoms with Crippen LogP contribution in [0.4, 0.5) is 5.00 Å². The first-order valence-corrected chi connectivity index (χ1v) is 12.0. The van der Waals surface area contributed by atoms with Crippen molar-refractivity contribution in [2.75, 3.05) is 4.90 Å². The molecule has 1 amide bonds. The van der Waals surface area contributed by atoms with E-state index in [4.69, 9.17) is 5.90 Å². The number of rotatable bonds is 6. The van der Waals surface area contributed by atoms with Gasteiger partial charge in [0.05, 0.1) is 15.6 Å². The lowest BCUT2D eigenvalue weighted by Crippen LogP contribution is -2.48. The van der Waals surface area contributed by atoms with Crippen LogP contribution in [-0.2, 0) is 24.7 Å². The Balaban J connectivity index is 2.26. The zero-order valence-corrected chi connectivity index (χ0v) is 19.6. The molecule has 0 unspecified atom stereocenters. The molecule has 30 heavy (non-hydrogen) atoms. The Kier molecular flexibility index (Phi) is 6.12. The standard InChI is InChI=1S/C19H22N4O4S3/c1-11-10-28-18(21-11)19(5,15-6-8-16(9-7-15)30(25,26)27-20)23(14(4)24)17-12(2)22-13(3)29-17/h6-10H,20H2,1-5H3/t19-/m0/s1. The molecule has 0 saturated heterocycles. The van der Waals surface area contributed by atoms with Gasteiger partial charge in [-0.05, 0) is 45.4 Å². The van der Waals surface area contributed by atoms with Gasteiger partial charge in [0.25, 0.3) is 0 Å². The van der Waals surface area contributed by atoms with Crippen molar-refractivity contribution in [3.8, 4) is 0 Å². The maximum Gasteiger partial charge on any atom is 0.312 e. The minimum Gasteiger partial charge on any atom is -0.286 e. The molecule has 0 saturated carbocycles. The van der Waals surface area contributed by atoms with Gasteiger partial charge in [-0.1, -0.05) is 12.1 Å². The first-order valence-electron chi connectivity index (χ1n) is 8.92. The van der Waals surface area contributed by atoms with E-state index >= 15 is 0 Å². The molecule has 3 aromatic rings. The van der Waals surface area contributed by atoms with Gasteiger partial charge in [-0.3, -0.25) is 9.69 Å². The van der Waals surface area contributed by atoms with Crippen molar-refractivity contribution < 1.29 is 17.5 Å². The second-order valence-corrected chi connectivity index (χ2v) is 10.5. The number of hydrogen-bond acceptors (Lipinski definition) is 9. The molecule has 1 aromatic carbocycles. The number of carbonyl (C=O) groups excluding carboxylic acids is 1. The molecule has 0 fully saturated rings. The van der Waals surface area contributed by atoms with Crippen LogP contribution in [0.2, 0.25) is 0 Å². The van der Waals surface area contributed by atoms with E-state index in [0.29, 0.717) is 10.6 Å². The quantitative estimate of drug-likeness (QED) is 0.553. The minimum absolute atomic E-state index is 0.0781. The number of thiazole rings is 2. The Morgan fingerprint density at radius 2 is 1.80 bits per heavy atom. The van der Waals surface area contributed by atoms with E-state index in [9.17, 15) is 13.2 Å². The minimum atomic E-state index is -4.04. The number of aromatic nitrogens is 2. The molecule has 0 spiro atoms. The lowest BCUT2D eigenvalue weighted by molar-refractivity contribution is -0.117. The van der Waals surface area contributed by atoms with Crippen molar-refractivity contribution in [3.63, 3.8) is 0 Å². The molecule has 3 rings (SSSR count). The average molecular weight is 467 g/mol. The molecule has 8 nitrogen and oxygen atoms in total. The Bertz CT molecular complexity index is 1180. The van der Waals surface area contributed by atoms with Gasteiger partial charge in [-0.25, -0.2) is 9.97 Å². The van der Waals surface area contributed by atoms with E-state index in [1.54, 1.807) is 17.0 Å². The highest BCUT2D eigenvalue weighted by atomic mass is 32.2. The van der Waals surface area contributed by atoms with E-state index < -0.39 is 15.7 Å². The summed E-state index contributed by atoms with van der Waals surface area (Å²) in [6, 6.07) is 6.09. The molecule has 11 heteroatoms. The van der Waals surface area contributed by atoms with Gasteiger partial charge in [-0.15, -0.1) is 22.7 Å². The summed E-state index contributed by atoms with van der Waals surface area (Å²) in [6.45, 7) is 9.01. The van der Waals surface area contributed by atoms with E-state index in [-0.39, 0.29) is 10.8 Å².